The number of nitrogens with zero attached hydrogens (tertiary/aromatic N) is 3. The first kappa shape index (κ1) is 15.3. The first-order chi connectivity index (χ1) is 11.3. The first-order valence-electron chi connectivity index (χ1n) is 7.23. The van der Waals surface area contributed by atoms with Crippen molar-refractivity contribution in [1.82, 2.24) is 19.9 Å². The number of thioether (sulfide) groups is 1. The molecular weight excluding hydrogens is 308 g/mol. The highest BCUT2D eigenvalue weighted by Gasteiger charge is 2.06. The molecule has 2 aromatic heterocycles. The second-order valence-electron chi connectivity index (χ2n) is 4.79. The molecule has 0 aliphatic carbocycles. The van der Waals surface area contributed by atoms with Crippen molar-refractivity contribution in [3.63, 3.8) is 0 Å². The fraction of sp³-hybridized carbons (Fsp3) is 0.118. The minimum atomic E-state index is -0.108. The SMILES string of the molecule is O=C(NCCSc1ccccc1)c1ccc(-n2ccnc2)nc1. The van der Waals surface area contributed by atoms with E-state index in [1.165, 1.54) is 4.90 Å². The Bertz CT molecular complexity index is 742. The lowest BCUT2D eigenvalue weighted by molar-refractivity contribution is 0.0956. The van der Waals surface area contributed by atoms with E-state index in [4.69, 9.17) is 0 Å². The number of pyridine rings is 1. The Balaban J connectivity index is 1.48. The molecule has 116 valence electrons. The largest absolute Gasteiger partial charge is 0.351 e. The van der Waals surface area contributed by atoms with Crippen molar-refractivity contribution in [2.45, 2.75) is 4.90 Å². The number of aromatic nitrogens is 3. The van der Waals surface area contributed by atoms with Crippen molar-refractivity contribution in [3.05, 3.63) is 72.9 Å². The molecule has 0 saturated heterocycles. The molecular formula is C17H16N4OS. The zero-order chi connectivity index (χ0) is 15.9. The maximum Gasteiger partial charge on any atom is 0.252 e. The Labute approximate surface area is 138 Å². The second kappa shape index (κ2) is 7.60. The van der Waals surface area contributed by atoms with Crippen LogP contribution in [-0.4, -0.2) is 32.7 Å². The molecule has 0 atom stereocenters. The van der Waals surface area contributed by atoms with Crippen LogP contribution >= 0.6 is 11.8 Å². The van der Waals surface area contributed by atoms with Gasteiger partial charge in [0.15, 0.2) is 0 Å². The third kappa shape index (κ3) is 4.20. The standard InChI is InChI=1S/C17H16N4OS/c22-17(19-9-11-23-15-4-2-1-3-5-15)14-6-7-16(20-12-14)21-10-8-18-13-21/h1-8,10,12-13H,9,11H2,(H,19,22). The molecule has 0 aliphatic heterocycles. The fourth-order valence-electron chi connectivity index (χ4n) is 2.02. The number of carbonyl (C=O) groups excluding carboxylic acids is 1. The highest BCUT2D eigenvalue weighted by atomic mass is 32.2. The van der Waals surface area contributed by atoms with E-state index in [1.54, 1.807) is 47.2 Å². The summed E-state index contributed by atoms with van der Waals surface area (Å²) in [5, 5.41) is 2.90. The summed E-state index contributed by atoms with van der Waals surface area (Å²) in [6.45, 7) is 0.613. The van der Waals surface area contributed by atoms with Gasteiger partial charge in [-0.3, -0.25) is 9.36 Å². The first-order valence-corrected chi connectivity index (χ1v) is 8.22. The van der Waals surface area contributed by atoms with Gasteiger partial charge in [-0.2, -0.15) is 0 Å². The van der Waals surface area contributed by atoms with Gasteiger partial charge in [-0.1, -0.05) is 18.2 Å². The Kier molecular flexibility index (Phi) is 5.06. The van der Waals surface area contributed by atoms with Crippen LogP contribution in [0.15, 0.2) is 72.3 Å². The molecule has 0 bridgehead atoms. The van der Waals surface area contributed by atoms with Gasteiger partial charge in [0.05, 0.1) is 5.56 Å². The van der Waals surface area contributed by atoms with E-state index in [0.717, 1.165) is 11.6 Å². The number of hydrogen-bond acceptors (Lipinski definition) is 4. The van der Waals surface area contributed by atoms with Crippen LogP contribution in [0.3, 0.4) is 0 Å². The molecule has 0 unspecified atom stereocenters. The van der Waals surface area contributed by atoms with Crippen molar-refractivity contribution in [1.29, 1.82) is 0 Å². The van der Waals surface area contributed by atoms with Gasteiger partial charge >= 0.3 is 0 Å². The summed E-state index contributed by atoms with van der Waals surface area (Å²) in [5.41, 5.74) is 0.554. The number of imidazole rings is 1. The number of hydrogen-bond donors (Lipinski definition) is 1. The predicted molar refractivity (Wildman–Crippen MR) is 90.9 cm³/mol. The Hall–Kier alpha value is -2.60. The van der Waals surface area contributed by atoms with Crippen LogP contribution < -0.4 is 5.32 Å². The van der Waals surface area contributed by atoms with Crippen LogP contribution in [0.5, 0.6) is 0 Å². The quantitative estimate of drug-likeness (QED) is 0.559. The zero-order valence-corrected chi connectivity index (χ0v) is 13.2. The third-order valence-corrected chi connectivity index (χ3v) is 4.19. The molecule has 0 aliphatic rings. The normalized spacial score (nSPS) is 10.4. The highest BCUT2D eigenvalue weighted by molar-refractivity contribution is 7.99. The minimum Gasteiger partial charge on any atom is -0.351 e. The van der Waals surface area contributed by atoms with E-state index in [1.807, 2.05) is 24.4 Å². The minimum absolute atomic E-state index is 0.108. The fourth-order valence-corrected chi connectivity index (χ4v) is 2.81. The van der Waals surface area contributed by atoms with Gasteiger partial charge in [0.25, 0.3) is 5.91 Å². The van der Waals surface area contributed by atoms with Crippen LogP contribution in [0, 0.1) is 0 Å². The summed E-state index contributed by atoms with van der Waals surface area (Å²) >= 11 is 1.72. The van der Waals surface area contributed by atoms with Gasteiger partial charge in [0, 0.05) is 35.8 Å². The summed E-state index contributed by atoms with van der Waals surface area (Å²) in [7, 11) is 0. The summed E-state index contributed by atoms with van der Waals surface area (Å²) in [6, 6.07) is 13.7. The summed E-state index contributed by atoms with van der Waals surface area (Å²) in [4.78, 5) is 21.5. The Morgan fingerprint density at radius 2 is 2.04 bits per heavy atom. The van der Waals surface area contributed by atoms with E-state index < -0.39 is 0 Å². The van der Waals surface area contributed by atoms with Crippen LogP contribution in [-0.2, 0) is 0 Å². The average molecular weight is 324 g/mol. The van der Waals surface area contributed by atoms with Gasteiger partial charge in [0.2, 0.25) is 0 Å². The third-order valence-electron chi connectivity index (χ3n) is 3.18. The van der Waals surface area contributed by atoms with Crippen LogP contribution in [0.1, 0.15) is 10.4 Å². The van der Waals surface area contributed by atoms with Gasteiger partial charge in [-0.15, -0.1) is 11.8 Å². The molecule has 0 spiro atoms. The lowest BCUT2D eigenvalue weighted by Gasteiger charge is -2.06. The second-order valence-corrected chi connectivity index (χ2v) is 5.96. The van der Waals surface area contributed by atoms with Gasteiger partial charge in [-0.25, -0.2) is 9.97 Å². The number of benzene rings is 1. The molecule has 0 saturated carbocycles. The van der Waals surface area contributed by atoms with Gasteiger partial charge in [0.1, 0.15) is 12.1 Å². The lowest BCUT2D eigenvalue weighted by Crippen LogP contribution is -2.25. The number of nitrogens with one attached hydrogen (secondary N) is 1. The van der Waals surface area contributed by atoms with Crippen molar-refractivity contribution in [2.24, 2.45) is 0 Å². The molecule has 5 nitrogen and oxygen atoms in total. The molecule has 1 amide bonds. The Morgan fingerprint density at radius 3 is 2.74 bits per heavy atom. The maximum absolute atomic E-state index is 12.1. The van der Waals surface area contributed by atoms with Crippen LogP contribution in [0.25, 0.3) is 5.82 Å². The molecule has 3 rings (SSSR count). The van der Waals surface area contributed by atoms with E-state index in [-0.39, 0.29) is 5.91 Å². The topological polar surface area (TPSA) is 59.8 Å². The van der Waals surface area contributed by atoms with Crippen molar-refractivity contribution in [2.75, 3.05) is 12.3 Å². The average Bonchev–Trinajstić information content (AvgIpc) is 3.14. The smallest absolute Gasteiger partial charge is 0.252 e. The van der Waals surface area contributed by atoms with E-state index in [0.29, 0.717) is 12.1 Å². The molecule has 3 aromatic rings. The maximum atomic E-state index is 12.1. The number of amides is 1. The predicted octanol–water partition coefficient (Wildman–Crippen LogP) is 2.79. The van der Waals surface area contributed by atoms with Crippen molar-refractivity contribution >= 4 is 17.7 Å². The van der Waals surface area contributed by atoms with Crippen LogP contribution in [0.4, 0.5) is 0 Å². The number of rotatable bonds is 6. The van der Waals surface area contributed by atoms with Gasteiger partial charge in [-0.05, 0) is 24.3 Å². The Morgan fingerprint density at radius 1 is 1.17 bits per heavy atom. The zero-order valence-electron chi connectivity index (χ0n) is 12.4. The van der Waals surface area contributed by atoms with E-state index in [2.05, 4.69) is 27.4 Å². The van der Waals surface area contributed by atoms with Crippen molar-refractivity contribution in [3.8, 4) is 5.82 Å². The van der Waals surface area contributed by atoms with Crippen molar-refractivity contribution < 1.29 is 4.79 Å². The summed E-state index contributed by atoms with van der Waals surface area (Å²) in [5.74, 6) is 1.46. The van der Waals surface area contributed by atoms with E-state index in [9.17, 15) is 4.79 Å². The van der Waals surface area contributed by atoms with Crippen LogP contribution in [0.2, 0.25) is 0 Å². The molecule has 23 heavy (non-hydrogen) atoms. The monoisotopic (exact) mass is 324 g/mol. The molecule has 1 N–H and O–H groups in total. The summed E-state index contributed by atoms with van der Waals surface area (Å²) < 4.78 is 1.79. The molecule has 2 heterocycles. The number of carbonyl (C=O) groups is 1. The highest BCUT2D eigenvalue weighted by Crippen LogP contribution is 2.15. The molecule has 1 aromatic carbocycles. The molecule has 0 radical (unpaired) electrons. The van der Waals surface area contributed by atoms with E-state index >= 15 is 0 Å². The van der Waals surface area contributed by atoms with Gasteiger partial charge < -0.3 is 5.32 Å². The molecule has 6 heteroatoms. The summed E-state index contributed by atoms with van der Waals surface area (Å²) in [6.07, 6.45) is 6.74. The molecule has 0 fully saturated rings. The lowest BCUT2D eigenvalue weighted by atomic mass is 10.2.